The monoisotopic (exact) mass is 357 g/mol. The molecule has 1 aromatic heterocycles. The topological polar surface area (TPSA) is 46.2 Å². The third-order valence-corrected chi connectivity index (χ3v) is 6.17. The van der Waals surface area contributed by atoms with Crippen molar-refractivity contribution in [2.24, 2.45) is 0 Å². The second kappa shape index (κ2) is 6.89. The molecule has 2 aromatic carbocycles. The lowest BCUT2D eigenvalue weighted by Gasteiger charge is -2.11. The van der Waals surface area contributed by atoms with E-state index in [1.807, 2.05) is 55.6 Å². The molecule has 124 valence electrons. The molecule has 0 atom stereocenters. The summed E-state index contributed by atoms with van der Waals surface area (Å²) >= 11 is 1.63. The smallest absolute Gasteiger partial charge is 0.207 e. The third-order valence-electron chi connectivity index (χ3n) is 4.09. The molecule has 0 unspecified atom stereocenters. The molecule has 0 saturated heterocycles. The number of benzene rings is 2. The van der Waals surface area contributed by atoms with Gasteiger partial charge in [0.2, 0.25) is 10.0 Å². The number of hydrogen-bond acceptors (Lipinski definition) is 3. The minimum Gasteiger partial charge on any atom is -0.207 e. The van der Waals surface area contributed by atoms with Crippen molar-refractivity contribution in [2.75, 3.05) is 0 Å². The van der Waals surface area contributed by atoms with Gasteiger partial charge in [0, 0.05) is 6.54 Å². The van der Waals surface area contributed by atoms with Crippen LogP contribution in [-0.2, 0) is 16.6 Å². The molecule has 0 amide bonds. The first-order valence-electron chi connectivity index (χ1n) is 7.65. The van der Waals surface area contributed by atoms with Crippen molar-refractivity contribution in [3.05, 3.63) is 76.0 Å². The van der Waals surface area contributed by atoms with Crippen molar-refractivity contribution in [3.8, 4) is 11.1 Å². The van der Waals surface area contributed by atoms with Gasteiger partial charge in [0.05, 0.1) is 4.90 Å². The van der Waals surface area contributed by atoms with Crippen LogP contribution >= 0.6 is 11.3 Å². The van der Waals surface area contributed by atoms with E-state index in [9.17, 15) is 8.42 Å². The van der Waals surface area contributed by atoms with Crippen LogP contribution in [-0.4, -0.2) is 8.42 Å². The first kappa shape index (κ1) is 16.9. The minimum absolute atomic E-state index is 0.265. The Morgan fingerprint density at radius 1 is 1.00 bits per heavy atom. The average molecular weight is 358 g/mol. The highest BCUT2D eigenvalue weighted by molar-refractivity contribution is 7.89. The number of rotatable bonds is 5. The lowest BCUT2D eigenvalue weighted by Crippen LogP contribution is -2.23. The van der Waals surface area contributed by atoms with Crippen LogP contribution in [0.2, 0.25) is 0 Å². The molecule has 3 nitrogen and oxygen atoms in total. The summed E-state index contributed by atoms with van der Waals surface area (Å²) in [5, 5.41) is 4.09. The maximum Gasteiger partial charge on any atom is 0.240 e. The summed E-state index contributed by atoms with van der Waals surface area (Å²) in [4.78, 5) is 0.304. The summed E-state index contributed by atoms with van der Waals surface area (Å²) in [5.41, 5.74) is 5.18. The van der Waals surface area contributed by atoms with Crippen LogP contribution in [0.1, 0.15) is 16.7 Å². The number of sulfonamides is 1. The van der Waals surface area contributed by atoms with E-state index in [2.05, 4.69) is 10.1 Å². The van der Waals surface area contributed by atoms with Gasteiger partial charge in [0.1, 0.15) is 0 Å². The quantitative estimate of drug-likeness (QED) is 0.730. The first-order chi connectivity index (χ1) is 11.5. The molecule has 0 saturated carbocycles. The molecule has 0 aliphatic carbocycles. The molecular formula is C19H19NO2S2. The zero-order valence-corrected chi connectivity index (χ0v) is 15.2. The summed E-state index contributed by atoms with van der Waals surface area (Å²) in [7, 11) is -3.53. The fourth-order valence-electron chi connectivity index (χ4n) is 2.51. The van der Waals surface area contributed by atoms with Crippen molar-refractivity contribution >= 4 is 21.4 Å². The van der Waals surface area contributed by atoms with Crippen molar-refractivity contribution in [1.82, 2.24) is 4.72 Å². The van der Waals surface area contributed by atoms with Gasteiger partial charge in [0.25, 0.3) is 0 Å². The molecule has 0 radical (unpaired) electrons. The Morgan fingerprint density at radius 2 is 1.79 bits per heavy atom. The van der Waals surface area contributed by atoms with Crippen LogP contribution in [0.5, 0.6) is 0 Å². The van der Waals surface area contributed by atoms with Gasteiger partial charge in [-0.05, 0) is 70.6 Å². The molecule has 0 aliphatic rings. The summed E-state index contributed by atoms with van der Waals surface area (Å²) < 4.78 is 27.8. The molecular weight excluding hydrogens is 338 g/mol. The van der Waals surface area contributed by atoms with Crippen molar-refractivity contribution in [2.45, 2.75) is 25.3 Å². The van der Waals surface area contributed by atoms with E-state index in [-0.39, 0.29) is 6.54 Å². The predicted molar refractivity (Wildman–Crippen MR) is 99.7 cm³/mol. The van der Waals surface area contributed by atoms with Gasteiger partial charge in [-0.15, -0.1) is 0 Å². The third kappa shape index (κ3) is 3.59. The zero-order valence-electron chi connectivity index (χ0n) is 13.6. The highest BCUT2D eigenvalue weighted by Crippen LogP contribution is 2.26. The molecule has 1 N–H and O–H groups in total. The summed E-state index contributed by atoms with van der Waals surface area (Å²) in [6.07, 6.45) is 0. The molecule has 1 heterocycles. The maximum absolute atomic E-state index is 12.6. The first-order valence-corrected chi connectivity index (χ1v) is 10.1. The van der Waals surface area contributed by atoms with Crippen LogP contribution < -0.4 is 4.72 Å². The maximum atomic E-state index is 12.6. The van der Waals surface area contributed by atoms with E-state index in [0.29, 0.717) is 4.90 Å². The van der Waals surface area contributed by atoms with Gasteiger partial charge in [-0.1, -0.05) is 30.3 Å². The zero-order chi connectivity index (χ0) is 17.2. The average Bonchev–Trinajstić information content (AvgIpc) is 3.10. The van der Waals surface area contributed by atoms with E-state index >= 15 is 0 Å². The number of aryl methyl sites for hydroxylation is 2. The lowest BCUT2D eigenvalue weighted by atomic mass is 10.0. The highest BCUT2D eigenvalue weighted by Gasteiger charge is 2.15. The number of hydrogen-bond donors (Lipinski definition) is 1. The molecule has 0 fully saturated rings. The molecule has 24 heavy (non-hydrogen) atoms. The standard InChI is InChI=1S/C19H19NO2S2/c1-14-7-8-18(11-15(14)2)24(21,22)20-12-16-5-3-4-6-19(16)17-9-10-23-13-17/h3-11,13,20H,12H2,1-2H3. The molecule has 3 aromatic rings. The summed E-state index contributed by atoms with van der Waals surface area (Å²) in [5.74, 6) is 0. The molecule has 3 rings (SSSR count). The normalized spacial score (nSPS) is 11.6. The van der Waals surface area contributed by atoms with Crippen LogP contribution in [0.25, 0.3) is 11.1 Å². The molecule has 5 heteroatoms. The van der Waals surface area contributed by atoms with Crippen LogP contribution in [0, 0.1) is 13.8 Å². The van der Waals surface area contributed by atoms with Gasteiger partial charge in [0.15, 0.2) is 0 Å². The van der Waals surface area contributed by atoms with Crippen LogP contribution in [0.3, 0.4) is 0 Å². The Hall–Kier alpha value is -1.95. The van der Waals surface area contributed by atoms with E-state index in [4.69, 9.17) is 0 Å². The Balaban J connectivity index is 1.84. The number of thiophene rings is 1. The number of nitrogens with one attached hydrogen (secondary N) is 1. The highest BCUT2D eigenvalue weighted by atomic mass is 32.2. The lowest BCUT2D eigenvalue weighted by molar-refractivity contribution is 0.581. The minimum atomic E-state index is -3.53. The van der Waals surface area contributed by atoms with E-state index in [0.717, 1.165) is 27.8 Å². The Bertz CT molecular complexity index is 945. The van der Waals surface area contributed by atoms with E-state index in [1.165, 1.54) is 0 Å². The van der Waals surface area contributed by atoms with Crippen LogP contribution in [0.15, 0.2) is 64.2 Å². The van der Waals surface area contributed by atoms with E-state index < -0.39 is 10.0 Å². The molecule has 0 aliphatic heterocycles. The molecule has 0 spiro atoms. The Kier molecular flexibility index (Phi) is 4.85. The van der Waals surface area contributed by atoms with Gasteiger partial charge in [-0.25, -0.2) is 13.1 Å². The SMILES string of the molecule is Cc1ccc(S(=O)(=O)NCc2ccccc2-c2ccsc2)cc1C. The van der Waals surface area contributed by atoms with Crippen molar-refractivity contribution < 1.29 is 8.42 Å². The summed E-state index contributed by atoms with van der Waals surface area (Å²) in [6, 6.07) is 15.1. The van der Waals surface area contributed by atoms with E-state index in [1.54, 1.807) is 23.5 Å². The summed E-state index contributed by atoms with van der Waals surface area (Å²) in [6.45, 7) is 4.15. The largest absolute Gasteiger partial charge is 0.240 e. The predicted octanol–water partition coefficient (Wildman–Crippen LogP) is 4.51. The molecule has 0 bridgehead atoms. The second-order valence-corrected chi connectivity index (χ2v) is 8.29. The van der Waals surface area contributed by atoms with Gasteiger partial charge >= 0.3 is 0 Å². The van der Waals surface area contributed by atoms with Crippen molar-refractivity contribution in [1.29, 1.82) is 0 Å². The van der Waals surface area contributed by atoms with Crippen molar-refractivity contribution in [3.63, 3.8) is 0 Å². The van der Waals surface area contributed by atoms with Crippen LogP contribution in [0.4, 0.5) is 0 Å². The van der Waals surface area contributed by atoms with Gasteiger partial charge < -0.3 is 0 Å². The fourth-order valence-corrected chi connectivity index (χ4v) is 4.26. The Morgan fingerprint density at radius 3 is 2.50 bits per heavy atom. The van der Waals surface area contributed by atoms with Gasteiger partial charge in [-0.2, -0.15) is 11.3 Å². The van der Waals surface area contributed by atoms with Gasteiger partial charge in [-0.3, -0.25) is 0 Å². The second-order valence-electron chi connectivity index (χ2n) is 5.74. The Labute approximate surface area is 147 Å². The fraction of sp³-hybridized carbons (Fsp3) is 0.158.